The van der Waals surface area contributed by atoms with Gasteiger partial charge >= 0.3 is 0 Å². The van der Waals surface area contributed by atoms with Crippen LogP contribution in [0.1, 0.15) is 12.0 Å². The molecule has 3 heteroatoms. The van der Waals surface area contributed by atoms with Crippen LogP contribution in [0.2, 0.25) is 0 Å². The van der Waals surface area contributed by atoms with Crippen LogP contribution in [-0.2, 0) is 5.88 Å². The number of anilines is 1. The fourth-order valence-corrected chi connectivity index (χ4v) is 1.97. The molecule has 1 aromatic rings. The minimum Gasteiger partial charge on any atom is -0.374 e. The smallest absolute Gasteiger partial charge is 0.0494 e. The summed E-state index contributed by atoms with van der Waals surface area (Å²) >= 11 is 5.93. The number of benzene rings is 1. The molecule has 0 radical (unpaired) electrons. The average molecular weight is 241 g/mol. The molecule has 0 unspecified atom stereocenters. The van der Waals surface area contributed by atoms with Crippen molar-refractivity contribution in [1.29, 1.82) is 0 Å². The van der Waals surface area contributed by atoms with Crippen molar-refractivity contribution in [1.82, 2.24) is 4.90 Å². The molecular formula is C13H21ClN2. The maximum Gasteiger partial charge on any atom is 0.0494 e. The minimum absolute atomic E-state index is 0.578. The average Bonchev–Trinajstić information content (AvgIpc) is 2.28. The number of hydrogen-bond acceptors (Lipinski definition) is 2. The zero-order valence-corrected chi connectivity index (χ0v) is 11.2. The third-order valence-electron chi connectivity index (χ3n) is 2.65. The highest BCUT2D eigenvalue weighted by Gasteiger charge is 2.05. The Bertz CT molecular complexity index is 313. The first kappa shape index (κ1) is 13.3. The molecule has 0 aromatic heterocycles. The normalized spacial score (nSPS) is 10.8. The first-order chi connectivity index (χ1) is 7.65. The van der Waals surface area contributed by atoms with Crippen LogP contribution in [0.25, 0.3) is 0 Å². The molecule has 16 heavy (non-hydrogen) atoms. The summed E-state index contributed by atoms with van der Waals surface area (Å²) in [5, 5.41) is 0. The van der Waals surface area contributed by atoms with Gasteiger partial charge in [-0.05, 0) is 38.7 Å². The molecule has 0 aliphatic carbocycles. The fourth-order valence-electron chi connectivity index (χ4n) is 1.74. The van der Waals surface area contributed by atoms with Gasteiger partial charge < -0.3 is 9.80 Å². The Labute approximate surface area is 104 Å². The van der Waals surface area contributed by atoms with E-state index in [1.54, 1.807) is 0 Å². The van der Waals surface area contributed by atoms with E-state index in [0.29, 0.717) is 5.88 Å². The van der Waals surface area contributed by atoms with E-state index in [1.807, 2.05) is 6.07 Å². The van der Waals surface area contributed by atoms with Crippen LogP contribution in [0.4, 0.5) is 5.69 Å². The maximum absolute atomic E-state index is 5.93. The molecule has 2 nitrogen and oxygen atoms in total. The molecule has 0 N–H and O–H groups in total. The molecule has 0 aliphatic rings. The number of nitrogens with zero attached hydrogens (tertiary/aromatic N) is 2. The van der Waals surface area contributed by atoms with E-state index in [2.05, 4.69) is 49.1 Å². The Kier molecular flexibility index (Phi) is 5.64. The lowest BCUT2D eigenvalue weighted by Gasteiger charge is -2.22. The van der Waals surface area contributed by atoms with E-state index in [4.69, 9.17) is 11.6 Å². The topological polar surface area (TPSA) is 6.48 Å². The summed E-state index contributed by atoms with van der Waals surface area (Å²) < 4.78 is 0. The molecule has 90 valence electrons. The van der Waals surface area contributed by atoms with E-state index in [-0.39, 0.29) is 0 Å². The molecule has 1 aromatic carbocycles. The van der Waals surface area contributed by atoms with Gasteiger partial charge in [-0.25, -0.2) is 0 Å². The van der Waals surface area contributed by atoms with Gasteiger partial charge in [-0.1, -0.05) is 18.2 Å². The fraction of sp³-hybridized carbons (Fsp3) is 0.538. The van der Waals surface area contributed by atoms with Crippen molar-refractivity contribution in [3.63, 3.8) is 0 Å². The number of hydrogen-bond donors (Lipinski definition) is 0. The second kappa shape index (κ2) is 6.77. The van der Waals surface area contributed by atoms with Gasteiger partial charge in [0.1, 0.15) is 0 Å². The van der Waals surface area contributed by atoms with Crippen molar-refractivity contribution in [3.8, 4) is 0 Å². The zero-order valence-electron chi connectivity index (χ0n) is 10.4. The third kappa shape index (κ3) is 4.03. The monoisotopic (exact) mass is 240 g/mol. The SMILES string of the molecule is CN(C)CCCN(C)c1ccccc1CCl. The van der Waals surface area contributed by atoms with Crippen LogP contribution in [0.5, 0.6) is 0 Å². The quantitative estimate of drug-likeness (QED) is 0.706. The highest BCUT2D eigenvalue weighted by molar-refractivity contribution is 6.17. The van der Waals surface area contributed by atoms with Gasteiger partial charge in [0.15, 0.2) is 0 Å². The standard InChI is InChI=1S/C13H21ClN2/c1-15(2)9-6-10-16(3)13-8-5-4-7-12(13)11-14/h4-5,7-8H,6,9-11H2,1-3H3. The van der Waals surface area contributed by atoms with Gasteiger partial charge in [0.05, 0.1) is 0 Å². The lowest BCUT2D eigenvalue weighted by atomic mass is 10.2. The highest BCUT2D eigenvalue weighted by atomic mass is 35.5. The van der Waals surface area contributed by atoms with E-state index in [0.717, 1.165) is 13.1 Å². The highest BCUT2D eigenvalue weighted by Crippen LogP contribution is 2.20. The van der Waals surface area contributed by atoms with Crippen molar-refractivity contribution in [2.45, 2.75) is 12.3 Å². The van der Waals surface area contributed by atoms with Gasteiger partial charge in [0, 0.05) is 25.2 Å². The number of para-hydroxylation sites is 1. The van der Waals surface area contributed by atoms with E-state index >= 15 is 0 Å². The summed E-state index contributed by atoms with van der Waals surface area (Å²) in [7, 11) is 6.33. The largest absolute Gasteiger partial charge is 0.374 e. The molecule has 0 saturated carbocycles. The van der Waals surface area contributed by atoms with Crippen molar-refractivity contribution < 1.29 is 0 Å². The van der Waals surface area contributed by atoms with Crippen LogP contribution in [0.3, 0.4) is 0 Å². The van der Waals surface area contributed by atoms with Crippen LogP contribution >= 0.6 is 11.6 Å². The van der Waals surface area contributed by atoms with Crippen LogP contribution < -0.4 is 4.90 Å². The zero-order chi connectivity index (χ0) is 12.0. The molecule has 1 rings (SSSR count). The van der Waals surface area contributed by atoms with E-state index in [1.165, 1.54) is 17.7 Å². The molecule has 0 atom stereocenters. The summed E-state index contributed by atoms with van der Waals surface area (Å²) in [6.45, 7) is 2.18. The molecule has 0 saturated heterocycles. The second-order valence-corrected chi connectivity index (χ2v) is 4.61. The van der Waals surface area contributed by atoms with Gasteiger partial charge in [0.2, 0.25) is 0 Å². The summed E-state index contributed by atoms with van der Waals surface area (Å²) in [6, 6.07) is 8.32. The first-order valence-corrected chi connectivity index (χ1v) is 6.18. The lowest BCUT2D eigenvalue weighted by molar-refractivity contribution is 0.401. The minimum atomic E-state index is 0.578. The Morgan fingerprint density at radius 2 is 1.75 bits per heavy atom. The number of halogens is 1. The first-order valence-electron chi connectivity index (χ1n) is 5.65. The Balaban J connectivity index is 2.55. The van der Waals surface area contributed by atoms with Gasteiger partial charge in [-0.15, -0.1) is 11.6 Å². The summed E-state index contributed by atoms with van der Waals surface area (Å²) in [4.78, 5) is 4.49. The van der Waals surface area contributed by atoms with Crippen molar-refractivity contribution >= 4 is 17.3 Å². The summed E-state index contributed by atoms with van der Waals surface area (Å²) in [5.74, 6) is 0.578. The summed E-state index contributed by atoms with van der Waals surface area (Å²) in [6.07, 6.45) is 1.17. The predicted octanol–water partition coefficient (Wildman–Crippen LogP) is 2.81. The van der Waals surface area contributed by atoms with Crippen molar-refractivity contribution in [3.05, 3.63) is 29.8 Å². The Morgan fingerprint density at radius 1 is 1.06 bits per heavy atom. The van der Waals surface area contributed by atoms with Crippen LogP contribution in [-0.4, -0.2) is 39.1 Å². The molecule has 0 heterocycles. The molecule has 0 aliphatic heterocycles. The number of alkyl halides is 1. The third-order valence-corrected chi connectivity index (χ3v) is 2.93. The van der Waals surface area contributed by atoms with Gasteiger partial charge in [0.25, 0.3) is 0 Å². The van der Waals surface area contributed by atoms with Crippen molar-refractivity contribution in [2.75, 3.05) is 39.1 Å². The Hall–Kier alpha value is -0.730. The molecule has 0 bridgehead atoms. The molecule has 0 amide bonds. The van der Waals surface area contributed by atoms with Crippen LogP contribution in [0.15, 0.2) is 24.3 Å². The second-order valence-electron chi connectivity index (χ2n) is 4.34. The molecular weight excluding hydrogens is 220 g/mol. The molecule has 0 fully saturated rings. The van der Waals surface area contributed by atoms with Gasteiger partial charge in [-0.2, -0.15) is 0 Å². The maximum atomic E-state index is 5.93. The van der Waals surface area contributed by atoms with Crippen LogP contribution in [0, 0.1) is 0 Å². The lowest BCUT2D eigenvalue weighted by Crippen LogP contribution is -2.24. The summed E-state index contributed by atoms with van der Waals surface area (Å²) in [5.41, 5.74) is 2.45. The van der Waals surface area contributed by atoms with Crippen molar-refractivity contribution in [2.24, 2.45) is 0 Å². The van der Waals surface area contributed by atoms with E-state index < -0.39 is 0 Å². The molecule has 0 spiro atoms. The predicted molar refractivity (Wildman–Crippen MR) is 72.4 cm³/mol. The van der Waals surface area contributed by atoms with E-state index in [9.17, 15) is 0 Å². The Morgan fingerprint density at radius 3 is 2.38 bits per heavy atom. The van der Waals surface area contributed by atoms with Gasteiger partial charge in [-0.3, -0.25) is 0 Å². The number of rotatable bonds is 6.